The molecule has 2 aromatic rings. The lowest BCUT2D eigenvalue weighted by molar-refractivity contribution is 0.0843. The zero-order valence-corrected chi connectivity index (χ0v) is 14.3. The van der Waals surface area contributed by atoms with Crippen LogP contribution in [0.2, 0.25) is 0 Å². The van der Waals surface area contributed by atoms with Gasteiger partial charge in [-0.05, 0) is 54.7 Å². The molecule has 0 bridgehead atoms. The van der Waals surface area contributed by atoms with Crippen molar-refractivity contribution in [3.63, 3.8) is 0 Å². The maximum Gasteiger partial charge on any atom is 0.214 e. The second-order valence-electron chi connectivity index (χ2n) is 6.27. The Bertz CT molecular complexity index is 746. The van der Waals surface area contributed by atoms with Crippen molar-refractivity contribution in [3.8, 4) is 17.0 Å². The summed E-state index contributed by atoms with van der Waals surface area (Å²) in [6.45, 7) is 3.37. The van der Waals surface area contributed by atoms with Gasteiger partial charge in [0.15, 0.2) is 0 Å². The van der Waals surface area contributed by atoms with Crippen molar-refractivity contribution >= 4 is 5.69 Å². The lowest BCUT2D eigenvalue weighted by atomic mass is 9.92. The molecule has 1 saturated heterocycles. The normalized spacial score (nSPS) is 15.3. The van der Waals surface area contributed by atoms with Crippen LogP contribution in [0.5, 0.6) is 5.88 Å². The Labute approximate surface area is 146 Å². The number of rotatable bonds is 5. The van der Waals surface area contributed by atoms with E-state index in [1.807, 2.05) is 13.0 Å². The zero-order valence-electron chi connectivity index (χ0n) is 14.3. The van der Waals surface area contributed by atoms with E-state index in [9.17, 15) is 4.39 Å². The highest BCUT2D eigenvalue weighted by molar-refractivity contribution is 5.72. The fraction of sp³-hybridized carbons (Fsp3) is 0.421. The van der Waals surface area contributed by atoms with E-state index >= 15 is 0 Å². The van der Waals surface area contributed by atoms with Crippen molar-refractivity contribution in [1.82, 2.24) is 4.98 Å². The molecule has 0 aliphatic carbocycles. The topological polar surface area (TPSA) is 77.6 Å². The summed E-state index contributed by atoms with van der Waals surface area (Å²) in [5.74, 6) is 0.329. The Morgan fingerprint density at radius 2 is 2.04 bits per heavy atom. The Hall–Kier alpha value is -2.18. The molecule has 1 aliphatic heterocycles. The van der Waals surface area contributed by atoms with E-state index in [4.69, 9.17) is 20.3 Å². The number of anilines is 1. The van der Waals surface area contributed by atoms with Gasteiger partial charge in [-0.15, -0.1) is 0 Å². The van der Waals surface area contributed by atoms with Crippen LogP contribution in [0, 0.1) is 12.7 Å². The number of ether oxygens (including phenoxy) is 2. The third-order valence-electron chi connectivity index (χ3n) is 4.46. The van der Waals surface area contributed by atoms with E-state index in [0.29, 0.717) is 25.0 Å². The molecular weight excluding hydrogens is 323 g/mol. The first-order valence-corrected chi connectivity index (χ1v) is 8.48. The van der Waals surface area contributed by atoms with Crippen LogP contribution >= 0.6 is 0 Å². The number of hydrogen-bond donors (Lipinski definition) is 2. The van der Waals surface area contributed by atoms with E-state index in [2.05, 4.69) is 4.98 Å². The summed E-state index contributed by atoms with van der Waals surface area (Å²) >= 11 is 0. The van der Waals surface area contributed by atoms with E-state index in [-0.39, 0.29) is 18.9 Å². The lowest BCUT2D eigenvalue weighted by Gasteiger charge is -2.23. The Balaban J connectivity index is 2.03. The minimum atomic E-state index is -0.420. The standard InChI is InChI=1S/C19H23FN2O3/c1-12-8-16(20)17(21)11-15(12)14-9-18(13-2-5-24-6-3-13)22-19(10-14)25-7-4-23/h8-11,13,23H,2-7,21H2,1H3. The number of aromatic nitrogens is 1. The average molecular weight is 346 g/mol. The first-order valence-electron chi connectivity index (χ1n) is 8.48. The molecule has 1 fully saturated rings. The highest BCUT2D eigenvalue weighted by Gasteiger charge is 2.20. The second-order valence-corrected chi connectivity index (χ2v) is 6.27. The number of nitrogens with two attached hydrogens (primary N) is 1. The molecule has 0 saturated carbocycles. The van der Waals surface area contributed by atoms with Crippen molar-refractivity contribution in [1.29, 1.82) is 0 Å². The summed E-state index contributed by atoms with van der Waals surface area (Å²) in [6, 6.07) is 6.90. The smallest absolute Gasteiger partial charge is 0.214 e. The number of nitrogen functional groups attached to an aromatic ring is 1. The van der Waals surface area contributed by atoms with Gasteiger partial charge in [-0.25, -0.2) is 9.37 Å². The van der Waals surface area contributed by atoms with Crippen LogP contribution in [-0.2, 0) is 4.74 Å². The van der Waals surface area contributed by atoms with Gasteiger partial charge in [0.2, 0.25) is 5.88 Å². The third-order valence-corrected chi connectivity index (χ3v) is 4.46. The molecule has 2 heterocycles. The van der Waals surface area contributed by atoms with Gasteiger partial charge in [-0.1, -0.05) is 0 Å². The van der Waals surface area contributed by atoms with Gasteiger partial charge in [0.05, 0.1) is 12.3 Å². The summed E-state index contributed by atoms with van der Waals surface area (Å²) in [5, 5.41) is 9.02. The number of halogens is 1. The maximum absolute atomic E-state index is 13.7. The van der Waals surface area contributed by atoms with Crippen LogP contribution in [0.1, 0.15) is 30.0 Å². The minimum Gasteiger partial charge on any atom is -0.475 e. The predicted octanol–water partition coefficient (Wildman–Crippen LogP) is 3.04. The average Bonchev–Trinajstić information content (AvgIpc) is 2.63. The van der Waals surface area contributed by atoms with Crippen molar-refractivity contribution in [2.75, 3.05) is 32.2 Å². The lowest BCUT2D eigenvalue weighted by Crippen LogP contribution is -2.16. The molecular formula is C19H23FN2O3. The van der Waals surface area contributed by atoms with Crippen molar-refractivity contribution < 1.29 is 19.0 Å². The third kappa shape index (κ3) is 4.08. The Kier molecular flexibility index (Phi) is 5.50. The quantitative estimate of drug-likeness (QED) is 0.814. The highest BCUT2D eigenvalue weighted by atomic mass is 19.1. The van der Waals surface area contributed by atoms with Crippen LogP contribution in [-0.4, -0.2) is 36.5 Å². The summed E-state index contributed by atoms with van der Waals surface area (Å²) in [5.41, 5.74) is 9.32. The molecule has 6 heteroatoms. The number of pyridine rings is 1. The molecule has 5 nitrogen and oxygen atoms in total. The molecule has 3 rings (SSSR count). The highest BCUT2D eigenvalue weighted by Crippen LogP contribution is 2.34. The van der Waals surface area contributed by atoms with E-state index < -0.39 is 5.82 Å². The first kappa shape index (κ1) is 17.6. The SMILES string of the molecule is Cc1cc(F)c(N)cc1-c1cc(OCCO)nc(C2CCOCC2)c1. The number of aliphatic hydroxyl groups is 1. The van der Waals surface area contributed by atoms with Gasteiger partial charge in [0, 0.05) is 30.9 Å². The number of aryl methyl sites for hydroxylation is 1. The van der Waals surface area contributed by atoms with Crippen LogP contribution in [0.15, 0.2) is 24.3 Å². The van der Waals surface area contributed by atoms with Crippen LogP contribution in [0.4, 0.5) is 10.1 Å². The van der Waals surface area contributed by atoms with Gasteiger partial charge >= 0.3 is 0 Å². The molecule has 0 unspecified atom stereocenters. The fourth-order valence-electron chi connectivity index (χ4n) is 3.11. The van der Waals surface area contributed by atoms with Gasteiger partial charge in [0.25, 0.3) is 0 Å². The molecule has 0 atom stereocenters. The summed E-state index contributed by atoms with van der Waals surface area (Å²) in [7, 11) is 0. The van der Waals surface area contributed by atoms with E-state index in [1.165, 1.54) is 6.07 Å². The molecule has 1 aromatic carbocycles. The minimum absolute atomic E-state index is 0.0823. The number of aliphatic hydroxyl groups excluding tert-OH is 1. The molecule has 0 spiro atoms. The number of nitrogens with zero attached hydrogens (tertiary/aromatic N) is 1. The molecule has 3 N–H and O–H groups in total. The molecule has 0 amide bonds. The van der Waals surface area contributed by atoms with Gasteiger partial charge in [-0.3, -0.25) is 0 Å². The number of hydrogen-bond acceptors (Lipinski definition) is 5. The van der Waals surface area contributed by atoms with Crippen LogP contribution in [0.3, 0.4) is 0 Å². The summed E-state index contributed by atoms with van der Waals surface area (Å²) < 4.78 is 24.7. The molecule has 25 heavy (non-hydrogen) atoms. The van der Waals surface area contributed by atoms with Gasteiger partial charge < -0.3 is 20.3 Å². The zero-order chi connectivity index (χ0) is 17.8. The van der Waals surface area contributed by atoms with Crippen LogP contribution < -0.4 is 10.5 Å². The Morgan fingerprint density at radius 1 is 1.28 bits per heavy atom. The first-order chi connectivity index (χ1) is 12.1. The largest absolute Gasteiger partial charge is 0.475 e. The predicted molar refractivity (Wildman–Crippen MR) is 94.2 cm³/mol. The molecule has 134 valence electrons. The Morgan fingerprint density at radius 3 is 2.76 bits per heavy atom. The van der Waals surface area contributed by atoms with Crippen LogP contribution in [0.25, 0.3) is 11.1 Å². The van der Waals surface area contributed by atoms with Gasteiger partial charge in [-0.2, -0.15) is 0 Å². The monoisotopic (exact) mass is 346 g/mol. The molecule has 0 radical (unpaired) electrons. The molecule has 1 aliphatic rings. The van der Waals surface area contributed by atoms with Crippen molar-refractivity contribution in [2.24, 2.45) is 0 Å². The van der Waals surface area contributed by atoms with Crippen molar-refractivity contribution in [3.05, 3.63) is 41.3 Å². The van der Waals surface area contributed by atoms with E-state index in [1.54, 1.807) is 12.1 Å². The maximum atomic E-state index is 13.7. The molecule has 1 aromatic heterocycles. The number of benzene rings is 1. The summed E-state index contributed by atoms with van der Waals surface area (Å²) in [6.07, 6.45) is 1.81. The van der Waals surface area contributed by atoms with Crippen molar-refractivity contribution in [2.45, 2.75) is 25.7 Å². The van der Waals surface area contributed by atoms with E-state index in [0.717, 1.165) is 35.2 Å². The second kappa shape index (κ2) is 7.80. The summed E-state index contributed by atoms with van der Waals surface area (Å²) in [4.78, 5) is 4.60. The van der Waals surface area contributed by atoms with Gasteiger partial charge in [0.1, 0.15) is 12.4 Å². The fourth-order valence-corrected chi connectivity index (χ4v) is 3.11.